The summed E-state index contributed by atoms with van der Waals surface area (Å²) in [7, 11) is 1.17. The average Bonchev–Trinajstić information content (AvgIpc) is 2.01. The molecule has 0 saturated heterocycles. The van der Waals surface area contributed by atoms with E-state index in [1.807, 2.05) is 0 Å². The number of aromatic nitrogens is 1. The first-order chi connectivity index (χ1) is 6.06. The van der Waals surface area contributed by atoms with Crippen molar-refractivity contribution in [2.75, 3.05) is 7.11 Å². The van der Waals surface area contributed by atoms with E-state index in [9.17, 15) is 13.6 Å². The third-order valence-electron chi connectivity index (χ3n) is 1.42. The van der Waals surface area contributed by atoms with Crippen LogP contribution in [0.5, 0.6) is 5.88 Å². The molecule has 0 radical (unpaired) electrons. The lowest BCUT2D eigenvalue weighted by Gasteiger charge is -2.06. The first-order valence-electron chi connectivity index (χ1n) is 3.31. The van der Waals surface area contributed by atoms with Gasteiger partial charge < -0.3 is 9.72 Å². The topological polar surface area (TPSA) is 42.1 Å². The van der Waals surface area contributed by atoms with Gasteiger partial charge >= 0.3 is 0 Å². The zero-order chi connectivity index (χ0) is 10.0. The fourth-order valence-electron chi connectivity index (χ4n) is 0.884. The number of aromatic amines is 1. The minimum absolute atomic E-state index is 0.0359. The summed E-state index contributed by atoms with van der Waals surface area (Å²) >= 11 is 5.43. The SMILES string of the molecule is COc1[nH]c(Cl)cc(=O)c1C(F)F. The van der Waals surface area contributed by atoms with Crippen LogP contribution in [-0.4, -0.2) is 12.1 Å². The van der Waals surface area contributed by atoms with Gasteiger partial charge in [0.15, 0.2) is 5.43 Å². The van der Waals surface area contributed by atoms with Gasteiger partial charge in [-0.3, -0.25) is 4.79 Å². The van der Waals surface area contributed by atoms with Gasteiger partial charge in [0, 0.05) is 6.07 Å². The molecule has 3 nitrogen and oxygen atoms in total. The Bertz CT molecular complexity index is 364. The summed E-state index contributed by atoms with van der Waals surface area (Å²) < 4.78 is 29.1. The first-order valence-corrected chi connectivity index (χ1v) is 3.69. The zero-order valence-corrected chi connectivity index (χ0v) is 7.36. The molecular weight excluding hydrogens is 204 g/mol. The third-order valence-corrected chi connectivity index (χ3v) is 1.63. The monoisotopic (exact) mass is 209 g/mol. The molecule has 0 aliphatic carbocycles. The number of halogens is 3. The van der Waals surface area contributed by atoms with Crippen LogP contribution in [-0.2, 0) is 0 Å². The second kappa shape index (κ2) is 3.74. The van der Waals surface area contributed by atoms with Gasteiger partial charge in [-0.15, -0.1) is 0 Å². The number of nitrogens with one attached hydrogen (secondary N) is 1. The van der Waals surface area contributed by atoms with Crippen LogP contribution in [0.25, 0.3) is 0 Å². The van der Waals surface area contributed by atoms with Gasteiger partial charge in [-0.05, 0) is 0 Å². The van der Waals surface area contributed by atoms with Crippen LogP contribution in [0.1, 0.15) is 12.0 Å². The fourth-order valence-corrected chi connectivity index (χ4v) is 1.07. The van der Waals surface area contributed by atoms with Crippen molar-refractivity contribution in [3.05, 3.63) is 27.0 Å². The summed E-state index contributed by atoms with van der Waals surface area (Å²) in [6, 6.07) is 0.881. The highest BCUT2D eigenvalue weighted by Crippen LogP contribution is 2.24. The second-order valence-corrected chi connectivity index (χ2v) is 2.64. The molecule has 1 rings (SSSR count). The number of hydrogen-bond acceptors (Lipinski definition) is 2. The van der Waals surface area contributed by atoms with Gasteiger partial charge in [-0.25, -0.2) is 8.78 Å². The van der Waals surface area contributed by atoms with Crippen molar-refractivity contribution < 1.29 is 13.5 Å². The number of ether oxygens (including phenoxy) is 1. The van der Waals surface area contributed by atoms with E-state index in [-0.39, 0.29) is 11.0 Å². The summed E-state index contributed by atoms with van der Waals surface area (Å²) in [6.45, 7) is 0. The molecule has 1 heterocycles. The van der Waals surface area contributed by atoms with Gasteiger partial charge in [0.2, 0.25) is 5.88 Å². The van der Waals surface area contributed by atoms with E-state index in [4.69, 9.17) is 11.6 Å². The van der Waals surface area contributed by atoms with Crippen molar-refractivity contribution in [3.63, 3.8) is 0 Å². The highest BCUT2D eigenvalue weighted by atomic mass is 35.5. The minimum atomic E-state index is -2.88. The molecule has 1 aromatic heterocycles. The molecule has 13 heavy (non-hydrogen) atoms. The lowest BCUT2D eigenvalue weighted by molar-refractivity contribution is 0.144. The fraction of sp³-hybridized carbons (Fsp3) is 0.286. The predicted molar refractivity (Wildman–Crippen MR) is 43.6 cm³/mol. The number of alkyl halides is 2. The Labute approximate surface area is 77.3 Å². The second-order valence-electron chi connectivity index (χ2n) is 2.23. The molecule has 0 unspecified atom stereocenters. The minimum Gasteiger partial charge on any atom is -0.482 e. The van der Waals surface area contributed by atoms with E-state index < -0.39 is 17.4 Å². The lowest BCUT2D eigenvalue weighted by atomic mass is 10.3. The highest BCUT2D eigenvalue weighted by Gasteiger charge is 2.19. The van der Waals surface area contributed by atoms with Crippen molar-refractivity contribution in [1.82, 2.24) is 4.98 Å². The molecule has 0 aliphatic heterocycles. The van der Waals surface area contributed by atoms with E-state index in [1.165, 1.54) is 7.11 Å². The van der Waals surface area contributed by atoms with Crippen molar-refractivity contribution in [2.45, 2.75) is 6.43 Å². The Balaban J connectivity index is 3.39. The van der Waals surface area contributed by atoms with Crippen molar-refractivity contribution in [3.8, 4) is 5.88 Å². The molecule has 72 valence electrons. The van der Waals surface area contributed by atoms with Crippen LogP contribution < -0.4 is 10.2 Å². The zero-order valence-electron chi connectivity index (χ0n) is 6.61. The number of pyridine rings is 1. The summed E-state index contributed by atoms with van der Waals surface area (Å²) in [6.07, 6.45) is -2.88. The van der Waals surface area contributed by atoms with Crippen LogP contribution in [0.2, 0.25) is 5.15 Å². The lowest BCUT2D eigenvalue weighted by Crippen LogP contribution is -2.11. The van der Waals surface area contributed by atoms with Crippen LogP contribution in [0.4, 0.5) is 8.78 Å². The quantitative estimate of drug-likeness (QED) is 0.757. The Morgan fingerprint density at radius 1 is 1.62 bits per heavy atom. The first kappa shape index (κ1) is 9.98. The van der Waals surface area contributed by atoms with Crippen LogP contribution in [0.15, 0.2) is 10.9 Å². The maximum atomic E-state index is 12.3. The summed E-state index contributed by atoms with van der Waals surface area (Å²) in [5.74, 6) is -0.299. The standard InChI is InChI=1S/C7H6ClF2NO2/c1-13-7-5(6(9)10)3(12)2-4(8)11-7/h2,6H,1H3,(H,11,12). The van der Waals surface area contributed by atoms with Crippen LogP contribution in [0, 0.1) is 0 Å². The summed E-state index contributed by atoms with van der Waals surface area (Å²) in [5.41, 5.74) is -1.54. The molecule has 0 atom stereocenters. The predicted octanol–water partition coefficient (Wildman–Crippen LogP) is 1.97. The Morgan fingerprint density at radius 2 is 2.23 bits per heavy atom. The van der Waals surface area contributed by atoms with Gasteiger partial charge in [-0.1, -0.05) is 11.6 Å². The van der Waals surface area contributed by atoms with Crippen LogP contribution in [0.3, 0.4) is 0 Å². The Hall–Kier alpha value is -1.10. The molecule has 0 fully saturated rings. The Morgan fingerprint density at radius 3 is 2.69 bits per heavy atom. The Kier molecular flexibility index (Phi) is 2.87. The van der Waals surface area contributed by atoms with E-state index >= 15 is 0 Å². The van der Waals surface area contributed by atoms with Gasteiger partial charge in [0.1, 0.15) is 10.7 Å². The molecule has 0 saturated carbocycles. The van der Waals surface area contributed by atoms with Gasteiger partial charge in [-0.2, -0.15) is 0 Å². The average molecular weight is 210 g/mol. The maximum absolute atomic E-state index is 12.3. The highest BCUT2D eigenvalue weighted by molar-refractivity contribution is 6.29. The maximum Gasteiger partial charge on any atom is 0.272 e. The summed E-state index contributed by atoms with van der Waals surface area (Å²) in [4.78, 5) is 13.3. The number of hydrogen-bond donors (Lipinski definition) is 1. The molecule has 0 amide bonds. The molecule has 0 bridgehead atoms. The third kappa shape index (κ3) is 1.98. The van der Waals surface area contributed by atoms with Crippen LogP contribution >= 0.6 is 11.6 Å². The van der Waals surface area contributed by atoms with Gasteiger partial charge in [0.25, 0.3) is 6.43 Å². The van der Waals surface area contributed by atoms with Crippen molar-refractivity contribution in [2.24, 2.45) is 0 Å². The molecule has 1 N–H and O–H groups in total. The van der Waals surface area contributed by atoms with Crippen molar-refractivity contribution >= 4 is 11.6 Å². The van der Waals surface area contributed by atoms with E-state index in [0.717, 1.165) is 6.07 Å². The molecular formula is C7H6ClF2NO2. The van der Waals surface area contributed by atoms with E-state index in [1.54, 1.807) is 0 Å². The molecule has 6 heteroatoms. The largest absolute Gasteiger partial charge is 0.482 e. The normalized spacial score (nSPS) is 10.5. The molecule has 0 aromatic carbocycles. The molecule has 1 aromatic rings. The number of methoxy groups -OCH3 is 1. The molecule has 0 spiro atoms. The van der Waals surface area contributed by atoms with E-state index in [0.29, 0.717) is 0 Å². The molecule has 0 aliphatic rings. The summed E-state index contributed by atoms with van der Waals surface area (Å²) in [5, 5.41) is -0.0359. The van der Waals surface area contributed by atoms with E-state index in [2.05, 4.69) is 9.72 Å². The smallest absolute Gasteiger partial charge is 0.272 e. The number of H-pyrrole nitrogens is 1. The number of rotatable bonds is 2. The van der Waals surface area contributed by atoms with Crippen molar-refractivity contribution in [1.29, 1.82) is 0 Å². The van der Waals surface area contributed by atoms with Gasteiger partial charge in [0.05, 0.1) is 7.11 Å².